The van der Waals surface area contributed by atoms with Crippen LogP contribution in [-0.4, -0.2) is 19.3 Å². The van der Waals surface area contributed by atoms with Crippen molar-refractivity contribution in [2.75, 3.05) is 13.1 Å². The molecule has 0 aliphatic heterocycles. The van der Waals surface area contributed by atoms with Crippen molar-refractivity contribution in [1.29, 1.82) is 0 Å². The lowest BCUT2D eigenvalue weighted by molar-refractivity contribution is -0.124. The van der Waals surface area contributed by atoms with Crippen molar-refractivity contribution in [2.45, 2.75) is 39.3 Å². The molecule has 0 atom stereocenters. The monoisotopic (exact) mass is 197 g/mol. The van der Waals surface area contributed by atoms with Gasteiger partial charge in [0.1, 0.15) is 0 Å². The molecule has 0 fully saturated rings. The van der Waals surface area contributed by atoms with Gasteiger partial charge in [0, 0.05) is 0 Å². The van der Waals surface area contributed by atoms with Crippen LogP contribution in [-0.2, 0) is 0 Å². The van der Waals surface area contributed by atoms with Gasteiger partial charge in [-0.3, -0.25) is 0 Å². The third-order valence-corrected chi connectivity index (χ3v) is 1.71. The molecule has 0 spiro atoms. The summed E-state index contributed by atoms with van der Waals surface area (Å²) in [5.41, 5.74) is 0. The SMILES string of the molecule is CC(C)CCCCNCC(F)(F)F. The highest BCUT2D eigenvalue weighted by molar-refractivity contribution is 4.56. The first-order valence-corrected chi connectivity index (χ1v) is 4.69. The molecule has 0 rings (SSSR count). The van der Waals surface area contributed by atoms with Crippen LogP contribution in [0.4, 0.5) is 13.2 Å². The van der Waals surface area contributed by atoms with Crippen molar-refractivity contribution in [3.05, 3.63) is 0 Å². The van der Waals surface area contributed by atoms with E-state index in [-0.39, 0.29) is 0 Å². The molecule has 4 heteroatoms. The first-order chi connectivity index (χ1) is 5.92. The highest BCUT2D eigenvalue weighted by Gasteiger charge is 2.25. The van der Waals surface area contributed by atoms with Crippen LogP contribution in [0.2, 0.25) is 0 Å². The zero-order valence-electron chi connectivity index (χ0n) is 8.25. The predicted molar refractivity (Wildman–Crippen MR) is 47.6 cm³/mol. The maximum absolute atomic E-state index is 11.6. The Bertz CT molecular complexity index is 121. The van der Waals surface area contributed by atoms with Crippen molar-refractivity contribution < 1.29 is 13.2 Å². The molecule has 0 saturated heterocycles. The molecule has 0 aromatic carbocycles. The van der Waals surface area contributed by atoms with E-state index in [1.165, 1.54) is 0 Å². The van der Waals surface area contributed by atoms with Crippen LogP contribution in [0.5, 0.6) is 0 Å². The van der Waals surface area contributed by atoms with Crippen LogP contribution in [0.15, 0.2) is 0 Å². The van der Waals surface area contributed by atoms with Crippen molar-refractivity contribution >= 4 is 0 Å². The van der Waals surface area contributed by atoms with Gasteiger partial charge in [-0.05, 0) is 18.9 Å². The second kappa shape index (κ2) is 6.24. The molecule has 0 bridgehead atoms. The number of alkyl halides is 3. The first kappa shape index (κ1) is 12.8. The minimum atomic E-state index is -4.07. The van der Waals surface area contributed by atoms with Gasteiger partial charge in [-0.1, -0.05) is 26.7 Å². The molecule has 13 heavy (non-hydrogen) atoms. The van der Waals surface area contributed by atoms with E-state index in [1.807, 2.05) is 0 Å². The predicted octanol–water partition coefficient (Wildman–Crippen LogP) is 2.96. The van der Waals surface area contributed by atoms with Gasteiger partial charge in [0.05, 0.1) is 6.54 Å². The molecule has 0 radical (unpaired) electrons. The van der Waals surface area contributed by atoms with E-state index in [0.29, 0.717) is 12.5 Å². The van der Waals surface area contributed by atoms with Crippen LogP contribution in [0, 0.1) is 5.92 Å². The highest BCUT2D eigenvalue weighted by Crippen LogP contribution is 2.12. The van der Waals surface area contributed by atoms with Gasteiger partial charge in [0.2, 0.25) is 0 Å². The first-order valence-electron chi connectivity index (χ1n) is 4.69. The lowest BCUT2D eigenvalue weighted by atomic mass is 10.1. The number of rotatable bonds is 6. The molecule has 1 N–H and O–H groups in total. The molecular weight excluding hydrogens is 179 g/mol. The number of nitrogens with one attached hydrogen (secondary N) is 1. The smallest absolute Gasteiger partial charge is 0.309 e. The fourth-order valence-electron chi connectivity index (χ4n) is 1.03. The minimum absolute atomic E-state index is 0.465. The van der Waals surface area contributed by atoms with E-state index < -0.39 is 12.7 Å². The van der Waals surface area contributed by atoms with Crippen LogP contribution < -0.4 is 5.32 Å². The molecule has 0 heterocycles. The Hall–Kier alpha value is -0.250. The third kappa shape index (κ3) is 11.8. The number of unbranched alkanes of at least 4 members (excludes halogenated alkanes) is 1. The summed E-state index contributed by atoms with van der Waals surface area (Å²) in [6.45, 7) is 3.83. The van der Waals surface area contributed by atoms with Crippen LogP contribution in [0.3, 0.4) is 0 Å². The normalized spacial score (nSPS) is 12.5. The summed E-state index contributed by atoms with van der Waals surface area (Å²) >= 11 is 0. The molecule has 1 nitrogen and oxygen atoms in total. The Balaban J connectivity index is 3.09. The van der Waals surface area contributed by atoms with E-state index in [4.69, 9.17) is 0 Å². The number of hydrogen-bond acceptors (Lipinski definition) is 1. The fourth-order valence-corrected chi connectivity index (χ4v) is 1.03. The van der Waals surface area contributed by atoms with Gasteiger partial charge in [0.15, 0.2) is 0 Å². The molecular formula is C9H18F3N. The molecule has 0 unspecified atom stereocenters. The maximum Gasteiger partial charge on any atom is 0.401 e. The summed E-state index contributed by atoms with van der Waals surface area (Å²) in [6, 6.07) is 0. The molecule has 80 valence electrons. The molecule has 0 aromatic heterocycles. The van der Waals surface area contributed by atoms with E-state index in [1.54, 1.807) is 0 Å². The van der Waals surface area contributed by atoms with Crippen molar-refractivity contribution in [2.24, 2.45) is 5.92 Å². The topological polar surface area (TPSA) is 12.0 Å². The zero-order chi connectivity index (χ0) is 10.3. The van der Waals surface area contributed by atoms with Gasteiger partial charge < -0.3 is 5.32 Å². The van der Waals surface area contributed by atoms with Gasteiger partial charge in [-0.25, -0.2) is 0 Å². The average Bonchev–Trinajstić information content (AvgIpc) is 1.93. The Morgan fingerprint density at radius 1 is 1.15 bits per heavy atom. The van der Waals surface area contributed by atoms with Crippen LogP contribution in [0.25, 0.3) is 0 Å². The second-order valence-electron chi connectivity index (χ2n) is 3.68. The van der Waals surface area contributed by atoms with E-state index >= 15 is 0 Å². The Labute approximate surface area is 77.7 Å². The van der Waals surface area contributed by atoms with E-state index in [2.05, 4.69) is 19.2 Å². The second-order valence-corrected chi connectivity index (χ2v) is 3.68. The van der Waals surface area contributed by atoms with Gasteiger partial charge in [0.25, 0.3) is 0 Å². The average molecular weight is 197 g/mol. The largest absolute Gasteiger partial charge is 0.401 e. The quantitative estimate of drug-likeness (QED) is 0.645. The molecule has 0 saturated carbocycles. The summed E-state index contributed by atoms with van der Waals surface area (Å²) in [7, 11) is 0. The third-order valence-electron chi connectivity index (χ3n) is 1.71. The summed E-state index contributed by atoms with van der Waals surface area (Å²) in [5, 5.41) is 2.37. The Kier molecular flexibility index (Phi) is 6.12. The lowest BCUT2D eigenvalue weighted by Crippen LogP contribution is -2.29. The van der Waals surface area contributed by atoms with Crippen molar-refractivity contribution in [3.8, 4) is 0 Å². The highest BCUT2D eigenvalue weighted by atomic mass is 19.4. The Morgan fingerprint density at radius 3 is 2.23 bits per heavy atom. The van der Waals surface area contributed by atoms with Gasteiger partial charge in [-0.15, -0.1) is 0 Å². The lowest BCUT2D eigenvalue weighted by Gasteiger charge is -2.08. The fraction of sp³-hybridized carbons (Fsp3) is 1.00. The zero-order valence-corrected chi connectivity index (χ0v) is 8.25. The van der Waals surface area contributed by atoms with Crippen molar-refractivity contribution in [1.82, 2.24) is 5.32 Å². The summed E-state index contributed by atoms with van der Waals surface area (Å²) < 4.78 is 34.9. The summed E-state index contributed by atoms with van der Waals surface area (Å²) in [6.07, 6.45) is -1.15. The van der Waals surface area contributed by atoms with Crippen molar-refractivity contribution in [3.63, 3.8) is 0 Å². The maximum atomic E-state index is 11.6. The minimum Gasteiger partial charge on any atom is -0.309 e. The van der Waals surface area contributed by atoms with Gasteiger partial charge >= 0.3 is 6.18 Å². The summed E-state index contributed by atoms with van der Waals surface area (Å²) in [5.74, 6) is 0.641. The van der Waals surface area contributed by atoms with Crippen LogP contribution >= 0.6 is 0 Å². The molecule has 0 aliphatic rings. The number of halogens is 3. The number of hydrogen-bond donors (Lipinski definition) is 1. The molecule has 0 amide bonds. The van der Waals surface area contributed by atoms with Crippen LogP contribution in [0.1, 0.15) is 33.1 Å². The van der Waals surface area contributed by atoms with E-state index in [9.17, 15) is 13.2 Å². The van der Waals surface area contributed by atoms with E-state index in [0.717, 1.165) is 19.3 Å². The molecule has 0 aromatic rings. The van der Waals surface area contributed by atoms with Gasteiger partial charge in [-0.2, -0.15) is 13.2 Å². The molecule has 0 aliphatic carbocycles. The summed E-state index contributed by atoms with van der Waals surface area (Å²) in [4.78, 5) is 0. The standard InChI is InChI=1S/C9H18F3N/c1-8(2)5-3-4-6-13-7-9(10,11)12/h8,13H,3-7H2,1-2H3. The Morgan fingerprint density at radius 2 is 1.77 bits per heavy atom.